The van der Waals surface area contributed by atoms with E-state index < -0.39 is 0 Å². The molecule has 1 aliphatic heterocycles. The number of halogens is 1. The third-order valence-electron chi connectivity index (χ3n) is 2.96. The Morgan fingerprint density at radius 2 is 1.82 bits per heavy atom. The van der Waals surface area contributed by atoms with Gasteiger partial charge in [0.2, 0.25) is 0 Å². The van der Waals surface area contributed by atoms with E-state index in [1.54, 1.807) is 0 Å². The van der Waals surface area contributed by atoms with Crippen LogP contribution in [0.15, 0.2) is 30.3 Å². The van der Waals surface area contributed by atoms with Crippen molar-refractivity contribution in [3.05, 3.63) is 40.9 Å². The maximum atomic E-state index is 11.1. The predicted octanol–water partition coefficient (Wildman–Crippen LogP) is 3.02. The molecule has 1 saturated heterocycles. The summed E-state index contributed by atoms with van der Waals surface area (Å²) in [7, 11) is 0. The molecule has 0 bridgehead atoms. The maximum absolute atomic E-state index is 11.1. The summed E-state index contributed by atoms with van der Waals surface area (Å²) < 4.78 is 0. The van der Waals surface area contributed by atoms with Crippen molar-refractivity contribution in [2.24, 2.45) is 0 Å². The molecule has 1 aliphatic rings. The van der Waals surface area contributed by atoms with Gasteiger partial charge in [0.1, 0.15) is 5.78 Å². The Morgan fingerprint density at radius 1 is 1.18 bits per heavy atom. The minimum atomic E-state index is 0.392. The number of carbonyl (C=O) groups excluding carboxylic acids is 1. The Bertz CT molecular complexity index is 401. The van der Waals surface area contributed by atoms with E-state index in [1.807, 2.05) is 24.3 Å². The Balaban J connectivity index is 1.81. The van der Waals surface area contributed by atoms with Crippen LogP contribution in [-0.4, -0.2) is 30.3 Å². The molecule has 1 heterocycles. The fraction of sp³-hybridized carbons (Fsp3) is 0.357. The van der Waals surface area contributed by atoms with Gasteiger partial charge in [-0.05, 0) is 17.7 Å². The van der Waals surface area contributed by atoms with Crippen LogP contribution in [0.25, 0.3) is 6.08 Å². The molecule has 0 spiro atoms. The highest BCUT2D eigenvalue weighted by Gasteiger charge is 2.14. The zero-order valence-electron chi connectivity index (χ0n) is 9.73. The quantitative estimate of drug-likeness (QED) is 0.821. The molecule has 1 aromatic carbocycles. The first-order valence-corrected chi connectivity index (χ1v) is 6.28. The molecule has 0 unspecified atom stereocenters. The lowest BCUT2D eigenvalue weighted by Crippen LogP contribution is -2.33. The van der Waals surface area contributed by atoms with Gasteiger partial charge in [0.15, 0.2) is 0 Å². The number of piperidine rings is 1. The number of nitrogens with zero attached hydrogens (tertiary/aromatic N) is 1. The van der Waals surface area contributed by atoms with Crippen LogP contribution >= 0.6 is 11.6 Å². The molecular formula is C14H16ClNO. The average molecular weight is 250 g/mol. The molecule has 1 aromatic rings. The summed E-state index contributed by atoms with van der Waals surface area (Å²) in [5, 5.41) is 0.761. The second-order valence-electron chi connectivity index (χ2n) is 4.29. The fourth-order valence-electron chi connectivity index (χ4n) is 1.90. The number of carbonyl (C=O) groups is 1. The highest BCUT2D eigenvalue weighted by molar-refractivity contribution is 6.30. The lowest BCUT2D eigenvalue weighted by atomic mass is 10.1. The molecule has 3 heteroatoms. The van der Waals surface area contributed by atoms with Gasteiger partial charge in [0, 0.05) is 37.5 Å². The molecule has 2 nitrogen and oxygen atoms in total. The number of Topliss-reactive ketones (excluding diaryl/α,β-unsaturated/α-hetero) is 1. The fourth-order valence-corrected chi connectivity index (χ4v) is 2.02. The lowest BCUT2D eigenvalue weighted by Gasteiger charge is -2.24. The van der Waals surface area contributed by atoms with E-state index in [0.717, 1.165) is 30.2 Å². The number of likely N-dealkylation sites (tertiary alicyclic amines) is 1. The molecule has 0 atom stereocenters. The molecule has 0 radical (unpaired) electrons. The van der Waals surface area contributed by atoms with Crippen molar-refractivity contribution >= 4 is 23.5 Å². The zero-order valence-corrected chi connectivity index (χ0v) is 10.5. The SMILES string of the molecule is O=C1CCN(CC=Cc2ccc(Cl)cc2)CC1. The van der Waals surface area contributed by atoms with E-state index in [0.29, 0.717) is 18.6 Å². The molecule has 90 valence electrons. The largest absolute Gasteiger partial charge is 0.300 e. The van der Waals surface area contributed by atoms with Crippen LogP contribution in [0.5, 0.6) is 0 Å². The third-order valence-corrected chi connectivity index (χ3v) is 3.21. The van der Waals surface area contributed by atoms with Crippen LogP contribution in [0.1, 0.15) is 18.4 Å². The third kappa shape index (κ3) is 3.99. The first-order chi connectivity index (χ1) is 8.24. The van der Waals surface area contributed by atoms with E-state index in [-0.39, 0.29) is 0 Å². The summed E-state index contributed by atoms with van der Waals surface area (Å²) in [6.45, 7) is 2.70. The van der Waals surface area contributed by atoms with E-state index in [9.17, 15) is 4.79 Å². The summed E-state index contributed by atoms with van der Waals surface area (Å²) in [5.74, 6) is 0.392. The number of rotatable bonds is 3. The summed E-state index contributed by atoms with van der Waals surface area (Å²) >= 11 is 5.82. The molecular weight excluding hydrogens is 234 g/mol. The summed E-state index contributed by atoms with van der Waals surface area (Å²) in [6, 6.07) is 7.78. The smallest absolute Gasteiger partial charge is 0.135 e. The number of hydrogen-bond acceptors (Lipinski definition) is 2. The predicted molar refractivity (Wildman–Crippen MR) is 71.2 cm³/mol. The van der Waals surface area contributed by atoms with Gasteiger partial charge >= 0.3 is 0 Å². The number of ketones is 1. The van der Waals surface area contributed by atoms with Crippen molar-refractivity contribution in [2.45, 2.75) is 12.8 Å². The van der Waals surface area contributed by atoms with Crippen LogP contribution in [0.4, 0.5) is 0 Å². The van der Waals surface area contributed by atoms with E-state index >= 15 is 0 Å². The second-order valence-corrected chi connectivity index (χ2v) is 4.73. The van der Waals surface area contributed by atoms with Crippen molar-refractivity contribution in [3.63, 3.8) is 0 Å². The lowest BCUT2D eigenvalue weighted by molar-refractivity contribution is -0.121. The monoisotopic (exact) mass is 249 g/mol. The van der Waals surface area contributed by atoms with E-state index in [2.05, 4.69) is 17.1 Å². The van der Waals surface area contributed by atoms with E-state index in [1.165, 1.54) is 0 Å². The van der Waals surface area contributed by atoms with Crippen LogP contribution < -0.4 is 0 Å². The van der Waals surface area contributed by atoms with Crippen molar-refractivity contribution in [1.82, 2.24) is 4.90 Å². The number of benzene rings is 1. The Kier molecular flexibility index (Phi) is 4.35. The molecule has 1 fully saturated rings. The first kappa shape index (κ1) is 12.3. The Hall–Kier alpha value is -1.12. The minimum Gasteiger partial charge on any atom is -0.300 e. The first-order valence-electron chi connectivity index (χ1n) is 5.90. The van der Waals surface area contributed by atoms with Gasteiger partial charge in [0.25, 0.3) is 0 Å². The van der Waals surface area contributed by atoms with Crippen LogP contribution in [0.3, 0.4) is 0 Å². The Labute approximate surface area is 107 Å². The van der Waals surface area contributed by atoms with Crippen LogP contribution in [0, 0.1) is 0 Å². The minimum absolute atomic E-state index is 0.392. The van der Waals surface area contributed by atoms with Gasteiger partial charge < -0.3 is 0 Å². The molecule has 17 heavy (non-hydrogen) atoms. The maximum Gasteiger partial charge on any atom is 0.135 e. The molecule has 0 aliphatic carbocycles. The summed E-state index contributed by atoms with van der Waals surface area (Å²) in [4.78, 5) is 13.4. The zero-order chi connectivity index (χ0) is 12.1. The van der Waals surface area contributed by atoms with Crippen LogP contribution in [-0.2, 0) is 4.79 Å². The highest BCUT2D eigenvalue weighted by Crippen LogP contribution is 2.11. The van der Waals surface area contributed by atoms with Gasteiger partial charge in [-0.15, -0.1) is 0 Å². The standard InChI is InChI=1S/C14H16ClNO/c15-13-5-3-12(4-6-13)2-1-9-16-10-7-14(17)8-11-16/h1-6H,7-11H2. The summed E-state index contributed by atoms with van der Waals surface area (Å²) in [5.41, 5.74) is 1.16. The molecule has 0 N–H and O–H groups in total. The molecule has 0 amide bonds. The van der Waals surface area contributed by atoms with Gasteiger partial charge in [-0.2, -0.15) is 0 Å². The average Bonchev–Trinajstić information content (AvgIpc) is 2.34. The second kappa shape index (κ2) is 5.99. The molecule has 0 saturated carbocycles. The molecule has 0 aromatic heterocycles. The van der Waals surface area contributed by atoms with Gasteiger partial charge in [-0.25, -0.2) is 0 Å². The van der Waals surface area contributed by atoms with Gasteiger partial charge in [-0.1, -0.05) is 35.9 Å². The topological polar surface area (TPSA) is 20.3 Å². The normalized spacial score (nSPS) is 17.8. The molecule has 2 rings (SSSR count). The van der Waals surface area contributed by atoms with E-state index in [4.69, 9.17) is 11.6 Å². The van der Waals surface area contributed by atoms with Crippen molar-refractivity contribution in [3.8, 4) is 0 Å². The van der Waals surface area contributed by atoms with Crippen molar-refractivity contribution < 1.29 is 4.79 Å². The summed E-state index contributed by atoms with van der Waals surface area (Å²) in [6.07, 6.45) is 5.63. The van der Waals surface area contributed by atoms with Crippen LogP contribution in [0.2, 0.25) is 5.02 Å². The number of hydrogen-bond donors (Lipinski definition) is 0. The van der Waals surface area contributed by atoms with Gasteiger partial charge in [-0.3, -0.25) is 9.69 Å². The van der Waals surface area contributed by atoms with Gasteiger partial charge in [0.05, 0.1) is 0 Å². The van der Waals surface area contributed by atoms with Crippen molar-refractivity contribution in [1.29, 1.82) is 0 Å². The van der Waals surface area contributed by atoms with Crippen molar-refractivity contribution in [2.75, 3.05) is 19.6 Å². The Morgan fingerprint density at radius 3 is 2.47 bits per heavy atom. The highest BCUT2D eigenvalue weighted by atomic mass is 35.5.